The van der Waals surface area contributed by atoms with Crippen molar-refractivity contribution in [2.24, 2.45) is 0 Å². The van der Waals surface area contributed by atoms with Gasteiger partial charge in [0.2, 0.25) is 0 Å². The van der Waals surface area contributed by atoms with Crippen LogP contribution in [0, 0.1) is 0 Å². The van der Waals surface area contributed by atoms with Gasteiger partial charge < -0.3 is 5.32 Å². The topological polar surface area (TPSA) is 12.0 Å². The molecule has 1 N–H and O–H groups in total. The summed E-state index contributed by atoms with van der Waals surface area (Å²) in [6.45, 7) is 4.52. The normalized spacial score (nSPS) is 12.1. The van der Waals surface area contributed by atoms with Crippen molar-refractivity contribution in [3.8, 4) is 11.1 Å². The molecule has 1 nitrogen and oxygen atoms in total. The lowest BCUT2D eigenvalue weighted by Crippen LogP contribution is -2.14. The van der Waals surface area contributed by atoms with Crippen LogP contribution < -0.4 is 5.32 Å². The number of benzene rings is 2. The van der Waals surface area contributed by atoms with Gasteiger partial charge in [-0.3, -0.25) is 0 Å². The van der Waals surface area contributed by atoms with E-state index in [4.69, 9.17) is 0 Å². The maximum atomic E-state index is 3.58. The zero-order valence-electron chi connectivity index (χ0n) is 12.6. The van der Waals surface area contributed by atoms with E-state index in [-0.39, 0.29) is 0 Å². The minimum absolute atomic E-state index is 0.545. The van der Waals surface area contributed by atoms with Gasteiger partial charge in [-0.1, -0.05) is 68.7 Å². The van der Waals surface area contributed by atoms with E-state index in [1.54, 1.807) is 0 Å². The molecule has 0 radical (unpaired) electrons. The lowest BCUT2D eigenvalue weighted by molar-refractivity contribution is 0.615. The summed E-state index contributed by atoms with van der Waals surface area (Å²) in [5, 5.41) is 3.58. The highest BCUT2D eigenvalue weighted by atomic mass is 14.9. The van der Waals surface area contributed by atoms with Crippen LogP contribution in [-0.2, 0) is 0 Å². The van der Waals surface area contributed by atoms with E-state index in [0.29, 0.717) is 6.04 Å². The molecule has 0 saturated heterocycles. The highest BCUT2D eigenvalue weighted by Gasteiger charge is 2.02. The smallest absolute Gasteiger partial charge is 0.0342 e. The molecule has 1 atom stereocenters. The number of unbranched alkanes of at least 4 members (excludes halogenated alkanes) is 2. The molecule has 0 aliphatic carbocycles. The molecule has 0 spiro atoms. The minimum Gasteiger partial charge on any atom is -0.383 e. The van der Waals surface area contributed by atoms with Crippen LogP contribution in [-0.4, -0.2) is 6.04 Å². The molecule has 2 aromatic carbocycles. The predicted molar refractivity (Wildman–Crippen MR) is 89.1 cm³/mol. The second kappa shape index (κ2) is 7.74. The van der Waals surface area contributed by atoms with Crippen LogP contribution in [0.2, 0.25) is 0 Å². The molecule has 106 valence electrons. The number of rotatable bonds is 7. The van der Waals surface area contributed by atoms with E-state index in [1.807, 2.05) is 0 Å². The van der Waals surface area contributed by atoms with Crippen molar-refractivity contribution in [1.82, 2.24) is 0 Å². The Morgan fingerprint density at radius 2 is 1.50 bits per heavy atom. The van der Waals surface area contributed by atoms with Gasteiger partial charge in [-0.25, -0.2) is 0 Å². The average Bonchev–Trinajstić information content (AvgIpc) is 2.49. The second-order valence-corrected chi connectivity index (χ2v) is 5.48. The summed E-state index contributed by atoms with van der Waals surface area (Å²) >= 11 is 0. The molecule has 0 aliphatic rings. The van der Waals surface area contributed by atoms with Crippen molar-refractivity contribution in [1.29, 1.82) is 0 Å². The lowest BCUT2D eigenvalue weighted by atomic mass is 10.1. The van der Waals surface area contributed by atoms with Gasteiger partial charge in [-0.15, -0.1) is 0 Å². The number of hydrogen-bond acceptors (Lipinski definition) is 1. The summed E-state index contributed by atoms with van der Waals surface area (Å²) in [4.78, 5) is 0. The number of nitrogens with one attached hydrogen (secondary N) is 1. The largest absolute Gasteiger partial charge is 0.383 e. The summed E-state index contributed by atoms with van der Waals surface area (Å²) in [5.74, 6) is 0. The SMILES string of the molecule is CCCCCC(C)Nc1ccc(-c2ccccc2)cc1. The van der Waals surface area contributed by atoms with Gasteiger partial charge in [0.1, 0.15) is 0 Å². The molecule has 2 aromatic rings. The van der Waals surface area contributed by atoms with Crippen molar-refractivity contribution < 1.29 is 0 Å². The van der Waals surface area contributed by atoms with Gasteiger partial charge in [0, 0.05) is 11.7 Å². The van der Waals surface area contributed by atoms with E-state index in [0.717, 1.165) is 0 Å². The van der Waals surface area contributed by atoms with E-state index >= 15 is 0 Å². The molecular formula is C19H25N. The summed E-state index contributed by atoms with van der Waals surface area (Å²) in [6, 6.07) is 19.8. The monoisotopic (exact) mass is 267 g/mol. The molecule has 1 unspecified atom stereocenters. The van der Waals surface area contributed by atoms with Gasteiger partial charge >= 0.3 is 0 Å². The Hall–Kier alpha value is -1.76. The van der Waals surface area contributed by atoms with Gasteiger partial charge in [0.15, 0.2) is 0 Å². The molecule has 2 rings (SSSR count). The van der Waals surface area contributed by atoms with E-state index in [9.17, 15) is 0 Å². The quantitative estimate of drug-likeness (QED) is 0.631. The summed E-state index contributed by atoms with van der Waals surface area (Å²) in [5.41, 5.74) is 3.76. The zero-order valence-corrected chi connectivity index (χ0v) is 12.6. The summed E-state index contributed by atoms with van der Waals surface area (Å²) < 4.78 is 0. The molecule has 0 aliphatic heterocycles. The van der Waals surface area contributed by atoms with E-state index in [1.165, 1.54) is 42.5 Å². The number of hydrogen-bond donors (Lipinski definition) is 1. The maximum Gasteiger partial charge on any atom is 0.0342 e. The summed E-state index contributed by atoms with van der Waals surface area (Å²) in [7, 11) is 0. The summed E-state index contributed by atoms with van der Waals surface area (Å²) in [6.07, 6.45) is 5.18. The second-order valence-electron chi connectivity index (χ2n) is 5.48. The third-order valence-corrected chi connectivity index (χ3v) is 3.65. The molecule has 0 aromatic heterocycles. The van der Waals surface area contributed by atoms with Crippen LogP contribution in [0.15, 0.2) is 54.6 Å². The third-order valence-electron chi connectivity index (χ3n) is 3.65. The Kier molecular flexibility index (Phi) is 5.67. The molecule has 0 bridgehead atoms. The van der Waals surface area contributed by atoms with Crippen molar-refractivity contribution in [2.75, 3.05) is 5.32 Å². The first-order chi connectivity index (χ1) is 9.79. The first-order valence-electron chi connectivity index (χ1n) is 7.71. The van der Waals surface area contributed by atoms with Crippen LogP contribution in [0.5, 0.6) is 0 Å². The van der Waals surface area contributed by atoms with Crippen LogP contribution >= 0.6 is 0 Å². The van der Waals surface area contributed by atoms with Crippen LogP contribution in [0.3, 0.4) is 0 Å². The highest BCUT2D eigenvalue weighted by Crippen LogP contribution is 2.21. The zero-order chi connectivity index (χ0) is 14.2. The van der Waals surface area contributed by atoms with Crippen LogP contribution in [0.1, 0.15) is 39.5 Å². The Morgan fingerprint density at radius 3 is 2.15 bits per heavy atom. The first kappa shape index (κ1) is 14.6. The van der Waals surface area contributed by atoms with E-state index < -0.39 is 0 Å². The van der Waals surface area contributed by atoms with Crippen LogP contribution in [0.25, 0.3) is 11.1 Å². The fourth-order valence-electron chi connectivity index (χ4n) is 2.45. The average molecular weight is 267 g/mol. The van der Waals surface area contributed by atoms with Gasteiger partial charge in [0.25, 0.3) is 0 Å². The number of anilines is 1. The van der Waals surface area contributed by atoms with Crippen LogP contribution in [0.4, 0.5) is 5.69 Å². The van der Waals surface area contributed by atoms with Gasteiger partial charge in [-0.2, -0.15) is 0 Å². The fourth-order valence-corrected chi connectivity index (χ4v) is 2.45. The lowest BCUT2D eigenvalue weighted by Gasteiger charge is -2.15. The Balaban J connectivity index is 1.92. The molecule has 0 amide bonds. The van der Waals surface area contributed by atoms with Crippen molar-refractivity contribution in [2.45, 2.75) is 45.6 Å². The molecular weight excluding hydrogens is 242 g/mol. The standard InChI is InChI=1S/C19H25N/c1-3-4-6-9-16(2)20-19-14-12-18(13-15-19)17-10-7-5-8-11-17/h5,7-8,10-16,20H,3-4,6,9H2,1-2H3. The predicted octanol–water partition coefficient (Wildman–Crippen LogP) is 5.73. The highest BCUT2D eigenvalue weighted by molar-refractivity contribution is 5.65. The third kappa shape index (κ3) is 4.41. The molecule has 0 heterocycles. The molecule has 0 fully saturated rings. The first-order valence-corrected chi connectivity index (χ1v) is 7.71. The van der Waals surface area contributed by atoms with Gasteiger partial charge in [0.05, 0.1) is 0 Å². The fraction of sp³-hybridized carbons (Fsp3) is 0.368. The minimum atomic E-state index is 0.545. The van der Waals surface area contributed by atoms with E-state index in [2.05, 4.69) is 73.8 Å². The molecule has 20 heavy (non-hydrogen) atoms. The van der Waals surface area contributed by atoms with Crippen molar-refractivity contribution >= 4 is 5.69 Å². The van der Waals surface area contributed by atoms with Gasteiger partial charge in [-0.05, 0) is 36.6 Å². The Bertz CT molecular complexity index is 487. The molecule has 1 heteroatoms. The maximum absolute atomic E-state index is 3.58. The van der Waals surface area contributed by atoms with Crippen molar-refractivity contribution in [3.05, 3.63) is 54.6 Å². The Labute approximate surface area is 123 Å². The van der Waals surface area contributed by atoms with Crippen molar-refractivity contribution in [3.63, 3.8) is 0 Å². The Morgan fingerprint density at radius 1 is 0.850 bits per heavy atom. The molecule has 0 saturated carbocycles.